The van der Waals surface area contributed by atoms with Gasteiger partial charge in [0.05, 0.1) is 4.92 Å². The van der Waals surface area contributed by atoms with Crippen LogP contribution >= 0.6 is 12.2 Å². The van der Waals surface area contributed by atoms with Crippen LogP contribution < -0.4 is 10.6 Å². The first-order chi connectivity index (χ1) is 10.5. The molecule has 0 unspecified atom stereocenters. The van der Waals surface area contributed by atoms with Gasteiger partial charge in [-0.1, -0.05) is 12.1 Å². The summed E-state index contributed by atoms with van der Waals surface area (Å²) in [5.41, 5.74) is 0.846. The van der Waals surface area contributed by atoms with Gasteiger partial charge in [0, 0.05) is 23.8 Å². The lowest BCUT2D eigenvalue weighted by atomic mass is 10.1. The number of benzene rings is 1. The van der Waals surface area contributed by atoms with Crippen LogP contribution in [0.15, 0.2) is 46.5 Å². The number of carbonyl (C=O) groups excluding carboxylic acids is 1. The predicted octanol–water partition coefficient (Wildman–Crippen LogP) is 2.20. The van der Waals surface area contributed by atoms with E-state index in [9.17, 15) is 14.9 Å². The summed E-state index contributed by atoms with van der Waals surface area (Å²) < 4.78 is 5.59. The lowest BCUT2D eigenvalue weighted by Gasteiger charge is -1.97. The Kier molecular flexibility index (Phi) is 3.43. The van der Waals surface area contributed by atoms with Crippen LogP contribution in [-0.4, -0.2) is 15.9 Å². The molecule has 1 aromatic carbocycles. The van der Waals surface area contributed by atoms with E-state index in [2.05, 4.69) is 10.6 Å². The van der Waals surface area contributed by atoms with Gasteiger partial charge in [0.1, 0.15) is 17.2 Å². The topological polar surface area (TPSA) is 97.4 Å². The van der Waals surface area contributed by atoms with Crippen molar-refractivity contribution < 1.29 is 14.1 Å². The molecular formula is C14H9N3O4S. The molecule has 2 aromatic rings. The van der Waals surface area contributed by atoms with Crippen molar-refractivity contribution >= 4 is 35.0 Å². The van der Waals surface area contributed by atoms with Crippen LogP contribution in [0.4, 0.5) is 5.69 Å². The van der Waals surface area contributed by atoms with E-state index in [0.717, 1.165) is 0 Å². The lowest BCUT2D eigenvalue weighted by Crippen LogP contribution is -2.21. The Balaban J connectivity index is 1.90. The minimum absolute atomic E-state index is 0.0176. The van der Waals surface area contributed by atoms with E-state index in [1.165, 1.54) is 18.2 Å². The van der Waals surface area contributed by atoms with E-state index >= 15 is 0 Å². The van der Waals surface area contributed by atoms with Gasteiger partial charge in [0.2, 0.25) is 0 Å². The number of rotatable bonds is 3. The maximum atomic E-state index is 11.5. The van der Waals surface area contributed by atoms with Crippen LogP contribution in [0.25, 0.3) is 17.4 Å². The molecule has 1 aliphatic heterocycles. The number of nitrogens with one attached hydrogen (secondary N) is 2. The van der Waals surface area contributed by atoms with Crippen molar-refractivity contribution in [1.29, 1.82) is 0 Å². The van der Waals surface area contributed by atoms with E-state index in [4.69, 9.17) is 16.6 Å². The SMILES string of the molecule is O=C1NC(=S)N/C1=C\c1ccc(-c2cccc([N+](=O)[O-])c2)o1. The first-order valence-corrected chi connectivity index (χ1v) is 6.62. The second-order valence-corrected chi connectivity index (χ2v) is 4.88. The minimum Gasteiger partial charge on any atom is -0.457 e. The monoisotopic (exact) mass is 315 g/mol. The molecule has 0 spiro atoms. The molecule has 1 aliphatic rings. The molecule has 110 valence electrons. The molecule has 2 N–H and O–H groups in total. The number of nitrogens with zero attached hydrogens (tertiary/aromatic N) is 1. The van der Waals surface area contributed by atoms with E-state index in [1.54, 1.807) is 24.3 Å². The number of thiocarbonyl (C=S) groups is 1. The van der Waals surface area contributed by atoms with Gasteiger partial charge in [0.15, 0.2) is 5.11 Å². The molecule has 0 bridgehead atoms. The molecule has 3 rings (SSSR count). The molecule has 1 fully saturated rings. The van der Waals surface area contributed by atoms with Crippen LogP contribution in [0, 0.1) is 10.1 Å². The normalized spacial score (nSPS) is 15.7. The van der Waals surface area contributed by atoms with Gasteiger partial charge < -0.3 is 9.73 Å². The average molecular weight is 315 g/mol. The van der Waals surface area contributed by atoms with Gasteiger partial charge in [-0.05, 0) is 24.4 Å². The second-order valence-electron chi connectivity index (χ2n) is 4.48. The maximum absolute atomic E-state index is 11.5. The highest BCUT2D eigenvalue weighted by molar-refractivity contribution is 7.80. The highest BCUT2D eigenvalue weighted by atomic mass is 32.1. The summed E-state index contributed by atoms with van der Waals surface area (Å²) in [6.07, 6.45) is 1.51. The summed E-state index contributed by atoms with van der Waals surface area (Å²) in [5, 5.41) is 16.2. The molecule has 2 heterocycles. The number of hydrogen-bond donors (Lipinski definition) is 2. The molecule has 22 heavy (non-hydrogen) atoms. The largest absolute Gasteiger partial charge is 0.457 e. The Morgan fingerprint density at radius 1 is 1.23 bits per heavy atom. The fourth-order valence-electron chi connectivity index (χ4n) is 1.98. The lowest BCUT2D eigenvalue weighted by molar-refractivity contribution is -0.384. The number of nitro groups is 1. The third-order valence-corrected chi connectivity index (χ3v) is 3.18. The predicted molar refractivity (Wildman–Crippen MR) is 82.7 cm³/mol. The number of nitro benzene ring substituents is 1. The van der Waals surface area contributed by atoms with Crippen LogP contribution in [0.3, 0.4) is 0 Å². The standard InChI is InChI=1S/C14H9N3O4S/c18-13-11(15-14(22)16-13)7-10-4-5-12(21-10)8-2-1-3-9(6-8)17(19)20/h1-7H,(H2,15,16,18,22)/b11-7-. The highest BCUT2D eigenvalue weighted by Crippen LogP contribution is 2.26. The Hall–Kier alpha value is -3.00. The zero-order valence-corrected chi connectivity index (χ0v) is 11.8. The minimum atomic E-state index is -0.469. The van der Waals surface area contributed by atoms with Gasteiger partial charge in [-0.25, -0.2) is 0 Å². The van der Waals surface area contributed by atoms with Crippen molar-refractivity contribution in [3.63, 3.8) is 0 Å². The molecule has 0 aliphatic carbocycles. The van der Waals surface area contributed by atoms with Crippen molar-refractivity contribution in [3.8, 4) is 11.3 Å². The molecule has 8 heteroatoms. The van der Waals surface area contributed by atoms with Crippen molar-refractivity contribution in [2.75, 3.05) is 0 Å². The Labute approximate surface area is 129 Å². The van der Waals surface area contributed by atoms with Crippen LogP contribution in [0.1, 0.15) is 5.76 Å². The fraction of sp³-hybridized carbons (Fsp3) is 0. The Morgan fingerprint density at radius 2 is 2.05 bits per heavy atom. The van der Waals surface area contributed by atoms with E-state index < -0.39 is 4.92 Å². The highest BCUT2D eigenvalue weighted by Gasteiger charge is 2.20. The van der Waals surface area contributed by atoms with Crippen molar-refractivity contribution in [2.45, 2.75) is 0 Å². The Morgan fingerprint density at radius 3 is 2.73 bits per heavy atom. The second kappa shape index (κ2) is 5.41. The number of carbonyl (C=O) groups is 1. The quantitative estimate of drug-likeness (QED) is 0.390. The molecule has 0 saturated carbocycles. The van der Waals surface area contributed by atoms with Crippen LogP contribution in [-0.2, 0) is 4.79 Å². The third kappa shape index (κ3) is 2.72. The van der Waals surface area contributed by atoms with E-state index in [1.807, 2.05) is 0 Å². The van der Waals surface area contributed by atoms with E-state index in [0.29, 0.717) is 17.1 Å². The van der Waals surface area contributed by atoms with Gasteiger partial charge in [-0.2, -0.15) is 0 Å². The van der Waals surface area contributed by atoms with Gasteiger partial charge in [0.25, 0.3) is 11.6 Å². The summed E-state index contributed by atoms with van der Waals surface area (Å²) in [7, 11) is 0. The summed E-state index contributed by atoms with van der Waals surface area (Å²) >= 11 is 4.83. The van der Waals surface area contributed by atoms with Crippen molar-refractivity contribution in [3.05, 3.63) is 58.0 Å². The zero-order chi connectivity index (χ0) is 15.7. The van der Waals surface area contributed by atoms with Crippen LogP contribution in [0.2, 0.25) is 0 Å². The molecule has 1 aromatic heterocycles. The molecule has 0 atom stereocenters. The third-order valence-electron chi connectivity index (χ3n) is 2.97. The molecule has 7 nitrogen and oxygen atoms in total. The first-order valence-electron chi connectivity index (χ1n) is 6.21. The summed E-state index contributed by atoms with van der Waals surface area (Å²) in [5.74, 6) is 0.568. The number of amides is 1. The summed E-state index contributed by atoms with van der Waals surface area (Å²) in [6, 6.07) is 9.46. The number of non-ortho nitro benzene ring substituents is 1. The van der Waals surface area contributed by atoms with E-state index in [-0.39, 0.29) is 22.4 Å². The Bertz CT molecular complexity index is 825. The van der Waals surface area contributed by atoms with Gasteiger partial charge in [-0.3, -0.25) is 20.2 Å². The molecule has 1 saturated heterocycles. The van der Waals surface area contributed by atoms with Gasteiger partial charge in [-0.15, -0.1) is 0 Å². The number of hydrogen-bond acceptors (Lipinski definition) is 5. The van der Waals surface area contributed by atoms with Crippen LogP contribution in [0.5, 0.6) is 0 Å². The molecule has 1 amide bonds. The number of furan rings is 1. The fourth-order valence-corrected chi connectivity index (χ4v) is 2.19. The van der Waals surface area contributed by atoms with Crippen molar-refractivity contribution in [2.24, 2.45) is 0 Å². The smallest absolute Gasteiger partial charge is 0.274 e. The first kappa shape index (κ1) is 14.0. The summed E-state index contributed by atoms with van der Waals surface area (Å²) in [6.45, 7) is 0. The maximum Gasteiger partial charge on any atom is 0.274 e. The zero-order valence-electron chi connectivity index (χ0n) is 11.0. The van der Waals surface area contributed by atoms with Gasteiger partial charge >= 0.3 is 0 Å². The van der Waals surface area contributed by atoms with Crippen molar-refractivity contribution in [1.82, 2.24) is 10.6 Å². The molecule has 0 radical (unpaired) electrons. The average Bonchev–Trinajstić information content (AvgIpc) is 3.06. The summed E-state index contributed by atoms with van der Waals surface area (Å²) in [4.78, 5) is 21.9. The molecular weight excluding hydrogens is 306 g/mol.